The lowest BCUT2D eigenvalue weighted by molar-refractivity contribution is 0.360. The monoisotopic (exact) mass is 416 g/mol. The number of benzene rings is 1. The van der Waals surface area contributed by atoms with Crippen molar-refractivity contribution in [3.63, 3.8) is 0 Å². The summed E-state index contributed by atoms with van der Waals surface area (Å²) in [5.74, 6) is -4.20. The number of halogens is 4. The predicted molar refractivity (Wildman–Crippen MR) is 112 cm³/mol. The summed E-state index contributed by atoms with van der Waals surface area (Å²) >= 11 is 0. The van der Waals surface area contributed by atoms with Crippen LogP contribution in [0.15, 0.2) is 18.0 Å². The van der Waals surface area contributed by atoms with Gasteiger partial charge >= 0.3 is 0 Å². The zero-order chi connectivity index (χ0) is 21.8. The molecule has 0 fully saturated rings. The van der Waals surface area contributed by atoms with Crippen molar-refractivity contribution in [1.82, 2.24) is 0 Å². The Bertz CT molecular complexity index is 642. The lowest BCUT2D eigenvalue weighted by Crippen LogP contribution is -2.03. The number of allylic oxidation sites excluding steroid dienone is 1. The van der Waals surface area contributed by atoms with Crippen molar-refractivity contribution >= 4 is 5.83 Å². The second-order valence-electron chi connectivity index (χ2n) is 8.03. The Kier molecular flexibility index (Phi) is 12.0. The first-order chi connectivity index (χ1) is 13.8. The maximum Gasteiger partial charge on any atom is 0.201 e. The highest BCUT2D eigenvalue weighted by Gasteiger charge is 2.20. The van der Waals surface area contributed by atoms with Crippen molar-refractivity contribution in [1.29, 1.82) is 0 Å². The zero-order valence-electron chi connectivity index (χ0n) is 18.3. The molecule has 2 atom stereocenters. The first-order valence-corrected chi connectivity index (χ1v) is 10.9. The number of hydrogen-bond donors (Lipinski definition) is 0. The van der Waals surface area contributed by atoms with E-state index in [2.05, 4.69) is 25.5 Å². The fraction of sp³-hybridized carbons (Fsp3) is 0.667. The van der Waals surface area contributed by atoms with Crippen LogP contribution >= 0.6 is 0 Å². The molecular weight excluding hydrogens is 380 g/mol. The number of rotatable bonds is 14. The summed E-state index contributed by atoms with van der Waals surface area (Å²) in [6, 6.07) is 2.10. The van der Waals surface area contributed by atoms with Crippen molar-refractivity contribution in [2.75, 3.05) is 7.11 Å². The van der Waals surface area contributed by atoms with Crippen LogP contribution in [0.25, 0.3) is 5.83 Å². The molecule has 0 N–H and O–H groups in total. The smallest absolute Gasteiger partial charge is 0.201 e. The van der Waals surface area contributed by atoms with Gasteiger partial charge in [-0.15, -0.1) is 0 Å². The van der Waals surface area contributed by atoms with Gasteiger partial charge in [-0.25, -0.2) is 13.2 Å². The molecule has 1 aromatic rings. The van der Waals surface area contributed by atoms with Gasteiger partial charge in [0.2, 0.25) is 5.82 Å². The van der Waals surface area contributed by atoms with Crippen LogP contribution in [-0.2, 0) is 0 Å². The molecule has 5 heteroatoms. The quantitative estimate of drug-likeness (QED) is 0.275. The predicted octanol–water partition coefficient (Wildman–Crippen LogP) is 8.77. The van der Waals surface area contributed by atoms with Gasteiger partial charge in [0.1, 0.15) is 5.83 Å². The summed E-state index contributed by atoms with van der Waals surface area (Å²) in [6.45, 7) is 6.61. The number of ether oxygens (including phenoxy) is 1. The molecule has 0 aliphatic carbocycles. The van der Waals surface area contributed by atoms with Crippen LogP contribution in [0.2, 0.25) is 0 Å². The van der Waals surface area contributed by atoms with Gasteiger partial charge in [0.15, 0.2) is 17.4 Å². The molecule has 1 aromatic carbocycles. The Morgan fingerprint density at radius 3 is 2.17 bits per heavy atom. The SMILES string of the molecule is CCCC(C)CCCC(CCC)CCC/C(F)=C(\F)c1ccc(OC)c(F)c1F. The van der Waals surface area contributed by atoms with E-state index in [-0.39, 0.29) is 12.2 Å². The second kappa shape index (κ2) is 13.7. The molecule has 0 saturated heterocycles. The normalized spacial score (nSPS) is 14.5. The summed E-state index contributed by atoms with van der Waals surface area (Å²) in [7, 11) is 1.18. The summed E-state index contributed by atoms with van der Waals surface area (Å²) in [4.78, 5) is 0. The van der Waals surface area contributed by atoms with Crippen LogP contribution in [0, 0.1) is 23.5 Å². The van der Waals surface area contributed by atoms with Gasteiger partial charge in [0, 0.05) is 6.42 Å². The van der Waals surface area contributed by atoms with E-state index in [0.717, 1.165) is 50.2 Å². The summed E-state index contributed by atoms with van der Waals surface area (Å²) in [5.41, 5.74) is -0.698. The minimum atomic E-state index is -1.43. The Labute approximate surface area is 173 Å². The van der Waals surface area contributed by atoms with E-state index in [9.17, 15) is 17.6 Å². The third kappa shape index (κ3) is 8.39. The Morgan fingerprint density at radius 1 is 0.897 bits per heavy atom. The first kappa shape index (κ1) is 25.5. The maximum absolute atomic E-state index is 14.3. The van der Waals surface area contributed by atoms with Crippen molar-refractivity contribution < 1.29 is 22.3 Å². The van der Waals surface area contributed by atoms with Gasteiger partial charge in [-0.3, -0.25) is 0 Å². The van der Waals surface area contributed by atoms with Crippen molar-refractivity contribution in [3.8, 4) is 5.75 Å². The molecule has 29 heavy (non-hydrogen) atoms. The molecule has 0 aliphatic heterocycles. The van der Waals surface area contributed by atoms with Gasteiger partial charge in [-0.05, 0) is 30.4 Å². The molecule has 0 bridgehead atoms. The maximum atomic E-state index is 14.3. The highest BCUT2D eigenvalue weighted by molar-refractivity contribution is 5.62. The first-order valence-electron chi connectivity index (χ1n) is 10.9. The van der Waals surface area contributed by atoms with Crippen LogP contribution in [0.1, 0.15) is 90.5 Å². The number of hydrogen-bond acceptors (Lipinski definition) is 1. The van der Waals surface area contributed by atoms with E-state index in [0.29, 0.717) is 12.3 Å². The highest BCUT2D eigenvalue weighted by atomic mass is 19.2. The summed E-state index contributed by atoms with van der Waals surface area (Å²) in [6.07, 6.45) is 9.27. The zero-order valence-corrected chi connectivity index (χ0v) is 18.3. The molecule has 2 unspecified atom stereocenters. The standard InChI is InChI=1S/C24H36F4O/c1-5-9-17(3)11-7-12-18(10-6-2)13-8-14-20(25)22(26)19-15-16-21(29-4)24(28)23(19)27/h15-18H,5-14H2,1-4H3/b22-20+. The molecule has 0 aliphatic rings. The Balaban J connectivity index is 2.62. The molecule has 0 spiro atoms. The van der Waals surface area contributed by atoms with E-state index >= 15 is 0 Å². The van der Waals surface area contributed by atoms with Crippen molar-refractivity contribution in [3.05, 3.63) is 35.2 Å². The largest absolute Gasteiger partial charge is 0.494 e. The third-order valence-corrected chi connectivity index (χ3v) is 5.54. The average molecular weight is 417 g/mol. The van der Waals surface area contributed by atoms with E-state index in [1.165, 1.54) is 26.4 Å². The molecule has 0 heterocycles. The van der Waals surface area contributed by atoms with Gasteiger partial charge in [-0.1, -0.05) is 72.1 Å². The van der Waals surface area contributed by atoms with Crippen LogP contribution in [-0.4, -0.2) is 7.11 Å². The van der Waals surface area contributed by atoms with E-state index < -0.39 is 28.9 Å². The van der Waals surface area contributed by atoms with E-state index in [1.807, 2.05) is 0 Å². The molecule has 0 amide bonds. The summed E-state index contributed by atoms with van der Waals surface area (Å²) in [5, 5.41) is 0. The van der Waals surface area contributed by atoms with Crippen LogP contribution in [0.4, 0.5) is 17.6 Å². The molecule has 166 valence electrons. The highest BCUT2D eigenvalue weighted by Crippen LogP contribution is 2.32. The fourth-order valence-electron chi connectivity index (χ4n) is 3.89. The molecule has 0 aromatic heterocycles. The Hall–Kier alpha value is -1.52. The van der Waals surface area contributed by atoms with Gasteiger partial charge in [0.25, 0.3) is 0 Å². The minimum Gasteiger partial charge on any atom is -0.494 e. The van der Waals surface area contributed by atoms with Crippen LogP contribution < -0.4 is 4.74 Å². The summed E-state index contributed by atoms with van der Waals surface area (Å²) < 4.78 is 60.9. The minimum absolute atomic E-state index is 0.106. The molecule has 1 nitrogen and oxygen atoms in total. The molecule has 0 radical (unpaired) electrons. The van der Waals surface area contributed by atoms with Crippen molar-refractivity contribution in [2.24, 2.45) is 11.8 Å². The topological polar surface area (TPSA) is 9.23 Å². The third-order valence-electron chi connectivity index (χ3n) is 5.54. The Morgan fingerprint density at radius 2 is 1.55 bits per heavy atom. The molecule has 1 rings (SSSR count). The van der Waals surface area contributed by atoms with E-state index in [4.69, 9.17) is 0 Å². The second-order valence-corrected chi connectivity index (χ2v) is 8.03. The van der Waals surface area contributed by atoms with E-state index in [1.54, 1.807) is 0 Å². The lowest BCUT2D eigenvalue weighted by Gasteiger charge is -2.17. The molecular formula is C24H36F4O. The van der Waals surface area contributed by atoms with Gasteiger partial charge in [0.05, 0.1) is 12.7 Å². The lowest BCUT2D eigenvalue weighted by atomic mass is 9.89. The molecule has 0 saturated carbocycles. The van der Waals surface area contributed by atoms with Gasteiger partial charge in [-0.2, -0.15) is 4.39 Å². The average Bonchev–Trinajstić information content (AvgIpc) is 2.69. The van der Waals surface area contributed by atoms with Crippen molar-refractivity contribution in [2.45, 2.75) is 85.0 Å². The fourth-order valence-corrected chi connectivity index (χ4v) is 3.89. The van der Waals surface area contributed by atoms with Crippen LogP contribution in [0.5, 0.6) is 5.75 Å². The van der Waals surface area contributed by atoms with Gasteiger partial charge < -0.3 is 4.74 Å². The number of methoxy groups -OCH3 is 1. The van der Waals surface area contributed by atoms with Crippen LogP contribution in [0.3, 0.4) is 0 Å².